The predicted molar refractivity (Wildman–Crippen MR) is 337 cm³/mol. The molecule has 0 radical (unpaired) electrons. The number of carboxylic acid groups (broad SMARTS) is 1. The van der Waals surface area contributed by atoms with Crippen molar-refractivity contribution in [2.24, 2.45) is 22.2 Å². The molecule has 1 aliphatic carbocycles. The van der Waals surface area contributed by atoms with Crippen LogP contribution in [-0.2, 0) is 80.2 Å². The van der Waals surface area contributed by atoms with Crippen LogP contribution in [0.5, 0.6) is 0 Å². The number of carbonyl (C=O) groups excluding carboxylic acids is 9. The van der Waals surface area contributed by atoms with Gasteiger partial charge in [0.25, 0.3) is 0 Å². The molecule has 3 fully saturated rings. The summed E-state index contributed by atoms with van der Waals surface area (Å²) in [5.74, 6) is -8.37. The Morgan fingerprint density at radius 3 is 1.89 bits per heavy atom. The number of likely N-dealkylation sites (tertiary alicyclic amines) is 2. The number of carboxylic acids is 1. The number of nitrogens with one attached hydrogen (secondary N) is 5. The molecule has 10 atom stereocenters. The number of fused-ring (bicyclic) bond motifs is 1. The Bertz CT molecular complexity index is 3260. The lowest BCUT2D eigenvalue weighted by molar-refractivity contribution is -0.152. The van der Waals surface area contributed by atoms with Crippen LogP contribution in [0.2, 0.25) is 0 Å². The second-order valence-corrected chi connectivity index (χ2v) is 24.9. The molecule has 1 aromatic heterocycles. The number of carbonyl (C=O) groups is 10. The SMILES string of the molecule is NC(N)=NCCC[C@H](NC(=O)CN(C(=O)[C@H]1Cc2ccccc2CN1C(=O)[C@H](CO)NC(=O)[C@H](Cc1cccs1)NC(=O)CNC(=O)[C@@H]1C[C@@H](O)CN1C(=O)[C@@H]1C[C@@H](O)CN1C(=O)[C@H](Cc1ccccc1)NC(=O)[C@H](N)Cc1ccccc1)C1CCCCC1)C(=O)O. The fraction of sp³-hybridized carbons (Fsp3) is 0.484. The largest absolute Gasteiger partial charge is 0.480 e. The summed E-state index contributed by atoms with van der Waals surface area (Å²) in [5.41, 5.74) is 20.1. The number of aliphatic imine (C=N–C) groups is 1. The number of aliphatic hydroxyl groups excluding tert-OH is 3. The van der Waals surface area contributed by atoms with Crippen LogP contribution < -0.4 is 43.8 Å². The van der Waals surface area contributed by atoms with Crippen LogP contribution in [0.25, 0.3) is 0 Å². The standard InChI is InChI=1S/C64H83N13O14S/c65-46(26-38-14-4-1-5-15-38)56(83)72-49(27-39-16-6-2-7-17-39)59(86)77-35-44(80)30-53(77)62(89)76-34-43(79)29-51(76)58(85)69-32-54(81)71-48(31-45-22-13-25-92-45)57(84)73-50(37-78)60(87)75-33-41-19-11-10-18-40(41)28-52(75)61(88)74(42-20-8-3-9-21-42)36-55(82)70-47(63(90)91)23-12-24-68-64(66)67/h1-2,4-7,10-11,13-19,22,25,42-44,46-53,78-80H,3,8-9,12,20-21,23-24,26-37,65H2,(H,69,85)(H,70,82)(H,71,81)(H,72,83)(H,73,84)(H,90,91)(H4,66,67,68)/t43-,44-,46-,47+,48+,49+,50+,51+,52-,53+/m1/s1. The number of guanidine groups is 1. The van der Waals surface area contributed by atoms with Gasteiger partial charge in [-0.2, -0.15) is 0 Å². The number of aliphatic hydroxyl groups is 3. The molecule has 28 heteroatoms. The number of benzene rings is 3. The van der Waals surface area contributed by atoms with E-state index in [0.717, 1.165) is 40.2 Å². The highest BCUT2D eigenvalue weighted by Crippen LogP contribution is 2.31. The lowest BCUT2D eigenvalue weighted by Crippen LogP contribution is -2.62. The number of nitrogens with zero attached hydrogens (tertiary/aromatic N) is 5. The Labute approximate surface area is 536 Å². The maximum Gasteiger partial charge on any atom is 0.326 e. The van der Waals surface area contributed by atoms with Gasteiger partial charge in [0.2, 0.25) is 53.2 Å². The second-order valence-electron chi connectivity index (χ2n) is 23.8. The molecule has 8 rings (SSSR count). The normalized spacial score (nSPS) is 20.4. The lowest BCUT2D eigenvalue weighted by atomic mass is 9.90. The minimum atomic E-state index is -1.67. The molecule has 4 aromatic rings. The summed E-state index contributed by atoms with van der Waals surface area (Å²) in [6.45, 7) is -2.84. The highest BCUT2D eigenvalue weighted by atomic mass is 32.1. The Kier molecular flexibility index (Phi) is 24.7. The van der Waals surface area contributed by atoms with Crippen molar-refractivity contribution in [2.75, 3.05) is 39.3 Å². The molecule has 92 heavy (non-hydrogen) atoms. The molecular formula is C64H83N13O14S. The first-order chi connectivity index (χ1) is 44.2. The molecule has 3 aliphatic heterocycles. The van der Waals surface area contributed by atoms with Gasteiger partial charge in [-0.15, -0.1) is 11.3 Å². The topological polar surface area (TPSA) is 415 Å². The van der Waals surface area contributed by atoms with Crippen LogP contribution in [0, 0.1) is 0 Å². The molecule has 2 saturated heterocycles. The van der Waals surface area contributed by atoms with E-state index in [4.69, 9.17) is 17.2 Å². The second kappa shape index (κ2) is 33.0. The Balaban J connectivity index is 0.934. The van der Waals surface area contributed by atoms with E-state index in [9.17, 15) is 63.6 Å². The van der Waals surface area contributed by atoms with Gasteiger partial charge in [-0.05, 0) is 65.8 Å². The number of thiophene rings is 1. The highest BCUT2D eigenvalue weighted by molar-refractivity contribution is 7.09. The molecule has 0 bridgehead atoms. The van der Waals surface area contributed by atoms with Gasteiger partial charge in [0.1, 0.15) is 42.3 Å². The van der Waals surface area contributed by atoms with Gasteiger partial charge in [0, 0.05) is 69.2 Å². The number of hydrogen-bond donors (Lipinski definition) is 12. The molecule has 4 heterocycles. The summed E-state index contributed by atoms with van der Waals surface area (Å²) in [7, 11) is 0. The molecule has 9 amide bonds. The fourth-order valence-corrected chi connectivity index (χ4v) is 13.2. The summed E-state index contributed by atoms with van der Waals surface area (Å²) in [4.78, 5) is 151. The van der Waals surface area contributed by atoms with Crippen molar-refractivity contribution in [3.8, 4) is 0 Å². The zero-order valence-corrected chi connectivity index (χ0v) is 51.9. The Morgan fingerprint density at radius 1 is 0.641 bits per heavy atom. The third-order valence-electron chi connectivity index (χ3n) is 17.1. The quantitative estimate of drug-likeness (QED) is 0.0172. The number of β-amino-alcohol motifs (C(OH)–C–C–N with tert-alkyl or cyclic N) is 2. The molecule has 494 valence electrons. The average molecular weight is 1290 g/mol. The number of hydrogen-bond acceptors (Lipinski definition) is 16. The average Bonchev–Trinajstić information content (AvgIpc) is 1.15. The minimum Gasteiger partial charge on any atom is -0.480 e. The molecule has 0 unspecified atom stereocenters. The van der Waals surface area contributed by atoms with Gasteiger partial charge in [-0.3, -0.25) is 48.1 Å². The summed E-state index contributed by atoms with van der Waals surface area (Å²) in [5, 5.41) is 57.5. The summed E-state index contributed by atoms with van der Waals surface area (Å²) in [6.07, 6.45) is 0.908. The van der Waals surface area contributed by atoms with E-state index >= 15 is 4.79 Å². The van der Waals surface area contributed by atoms with E-state index < -0.39 is 145 Å². The third-order valence-corrected chi connectivity index (χ3v) is 18.0. The highest BCUT2D eigenvalue weighted by Gasteiger charge is 2.48. The first-order valence-corrected chi connectivity index (χ1v) is 31.9. The van der Waals surface area contributed by atoms with Gasteiger partial charge in [0.05, 0.1) is 37.9 Å². The van der Waals surface area contributed by atoms with E-state index in [1.165, 1.54) is 21.1 Å². The Morgan fingerprint density at radius 2 is 1.25 bits per heavy atom. The molecule has 1 saturated carbocycles. The van der Waals surface area contributed by atoms with Crippen molar-refractivity contribution < 1.29 is 68.4 Å². The molecule has 4 aliphatic rings. The molecule has 3 aromatic carbocycles. The molecular weight excluding hydrogens is 1210 g/mol. The van der Waals surface area contributed by atoms with Crippen LogP contribution in [0.15, 0.2) is 107 Å². The Hall–Kier alpha value is -8.83. The zero-order valence-electron chi connectivity index (χ0n) is 51.1. The first-order valence-electron chi connectivity index (χ1n) is 31.0. The lowest BCUT2D eigenvalue weighted by Gasteiger charge is -2.42. The van der Waals surface area contributed by atoms with Crippen molar-refractivity contribution >= 4 is 76.4 Å². The summed E-state index contributed by atoms with van der Waals surface area (Å²) < 4.78 is 0. The number of nitrogens with two attached hydrogens (primary N) is 3. The fourth-order valence-electron chi connectivity index (χ4n) is 12.4. The van der Waals surface area contributed by atoms with E-state index in [2.05, 4.69) is 31.6 Å². The molecule has 0 spiro atoms. The smallest absolute Gasteiger partial charge is 0.326 e. The summed E-state index contributed by atoms with van der Waals surface area (Å²) >= 11 is 1.27. The van der Waals surface area contributed by atoms with Gasteiger partial charge in [-0.25, -0.2) is 4.79 Å². The van der Waals surface area contributed by atoms with Gasteiger partial charge >= 0.3 is 5.97 Å². The minimum absolute atomic E-state index is 0.000771. The monoisotopic (exact) mass is 1290 g/mol. The van der Waals surface area contributed by atoms with Crippen molar-refractivity contribution in [1.29, 1.82) is 0 Å². The molecule has 27 nitrogen and oxygen atoms in total. The third kappa shape index (κ3) is 18.7. The van der Waals surface area contributed by atoms with E-state index in [1.807, 2.05) is 36.4 Å². The van der Waals surface area contributed by atoms with E-state index in [0.29, 0.717) is 28.8 Å². The van der Waals surface area contributed by atoms with E-state index in [-0.39, 0.29) is 83.5 Å². The first kappa shape index (κ1) is 69.1. The van der Waals surface area contributed by atoms with Crippen LogP contribution in [0.4, 0.5) is 0 Å². The number of aliphatic carboxylic acids is 1. The van der Waals surface area contributed by atoms with Crippen LogP contribution in [0.1, 0.15) is 84.9 Å². The van der Waals surface area contributed by atoms with Crippen molar-refractivity contribution in [3.05, 3.63) is 130 Å². The number of rotatable bonds is 28. The van der Waals surface area contributed by atoms with Crippen molar-refractivity contribution in [1.82, 2.24) is 46.2 Å². The number of amides is 9. The van der Waals surface area contributed by atoms with Crippen molar-refractivity contribution in [3.63, 3.8) is 0 Å². The predicted octanol–water partition coefficient (Wildman–Crippen LogP) is -1.67. The zero-order chi connectivity index (χ0) is 66.0. The maximum absolute atomic E-state index is 15.1. The molecule has 15 N–H and O–H groups in total. The summed E-state index contributed by atoms with van der Waals surface area (Å²) in [6, 6.07) is 17.4. The van der Waals surface area contributed by atoms with Crippen LogP contribution in [0.3, 0.4) is 0 Å². The van der Waals surface area contributed by atoms with Crippen molar-refractivity contribution in [2.45, 2.75) is 157 Å². The van der Waals surface area contributed by atoms with Crippen LogP contribution >= 0.6 is 11.3 Å². The van der Waals surface area contributed by atoms with Gasteiger partial charge < -0.3 is 83.8 Å². The maximum atomic E-state index is 15.1. The van der Waals surface area contributed by atoms with Gasteiger partial charge in [-0.1, -0.05) is 110 Å². The van der Waals surface area contributed by atoms with E-state index in [1.54, 1.807) is 66.0 Å². The van der Waals surface area contributed by atoms with Crippen LogP contribution in [-0.4, -0.2) is 211 Å². The van der Waals surface area contributed by atoms with Gasteiger partial charge in [0.15, 0.2) is 5.96 Å².